The molecule has 1 N–H and O–H groups in total. The van der Waals surface area contributed by atoms with Crippen LogP contribution < -0.4 is 5.32 Å². The summed E-state index contributed by atoms with van der Waals surface area (Å²) in [6.07, 6.45) is 1.94. The lowest BCUT2D eigenvalue weighted by Crippen LogP contribution is -2.16. The highest BCUT2D eigenvalue weighted by atomic mass is 79.9. The Labute approximate surface area is 169 Å². The Hall–Kier alpha value is -2.20. The summed E-state index contributed by atoms with van der Waals surface area (Å²) in [5.74, 6) is -1.47. The zero-order valence-electron chi connectivity index (χ0n) is 15.4. The Kier molecular flexibility index (Phi) is 7.14. The second-order valence-electron chi connectivity index (χ2n) is 5.60. The topological polar surface area (TPSA) is 99.5 Å². The number of anilines is 1. The predicted molar refractivity (Wildman–Crippen MR) is 104 cm³/mol. The highest BCUT2D eigenvalue weighted by Crippen LogP contribution is 2.34. The second kappa shape index (κ2) is 9.14. The number of ether oxygens (including phenoxy) is 2. The lowest BCUT2D eigenvalue weighted by atomic mass is 10.1. The van der Waals surface area contributed by atoms with Crippen LogP contribution in [0, 0.1) is 13.8 Å². The van der Waals surface area contributed by atoms with Crippen LogP contribution in [0.2, 0.25) is 0 Å². The van der Waals surface area contributed by atoms with Gasteiger partial charge in [0.25, 0.3) is 0 Å². The molecule has 10 heteroatoms. The SMILES string of the molecule is CCOC(=O)c1sc(NC(=O)CCn2cc(Br)c(C)n2)c(C(=O)OC)c1C. The molecular weight excluding hydrogens is 438 g/mol. The lowest BCUT2D eigenvalue weighted by Gasteiger charge is -2.06. The van der Waals surface area contributed by atoms with Gasteiger partial charge < -0.3 is 14.8 Å². The van der Waals surface area contributed by atoms with Gasteiger partial charge in [0.15, 0.2) is 0 Å². The van der Waals surface area contributed by atoms with E-state index in [0.29, 0.717) is 12.1 Å². The molecule has 1 amide bonds. The van der Waals surface area contributed by atoms with Crippen LogP contribution in [0.4, 0.5) is 5.00 Å². The largest absolute Gasteiger partial charge is 0.465 e. The highest BCUT2D eigenvalue weighted by Gasteiger charge is 2.26. The molecule has 146 valence electrons. The molecule has 8 nitrogen and oxygen atoms in total. The van der Waals surface area contributed by atoms with Crippen molar-refractivity contribution in [3.8, 4) is 0 Å². The van der Waals surface area contributed by atoms with Crippen LogP contribution in [0.5, 0.6) is 0 Å². The van der Waals surface area contributed by atoms with Crippen molar-refractivity contribution in [1.82, 2.24) is 9.78 Å². The normalized spacial score (nSPS) is 10.6. The number of esters is 2. The molecule has 2 rings (SSSR count). The number of carbonyl (C=O) groups is 3. The van der Waals surface area contributed by atoms with Crippen LogP contribution in [-0.4, -0.2) is 41.3 Å². The lowest BCUT2D eigenvalue weighted by molar-refractivity contribution is -0.116. The van der Waals surface area contributed by atoms with Gasteiger partial charge in [-0.1, -0.05) is 0 Å². The summed E-state index contributed by atoms with van der Waals surface area (Å²) in [5.41, 5.74) is 1.42. The highest BCUT2D eigenvalue weighted by molar-refractivity contribution is 9.10. The molecule has 27 heavy (non-hydrogen) atoms. The van der Waals surface area contributed by atoms with E-state index in [0.717, 1.165) is 21.5 Å². The number of aryl methyl sites for hydroxylation is 2. The summed E-state index contributed by atoms with van der Waals surface area (Å²) in [6, 6.07) is 0. The van der Waals surface area contributed by atoms with Gasteiger partial charge in [-0.3, -0.25) is 9.48 Å². The molecule has 0 aromatic carbocycles. The first-order valence-electron chi connectivity index (χ1n) is 8.16. The number of rotatable bonds is 7. The van der Waals surface area contributed by atoms with E-state index in [1.165, 1.54) is 7.11 Å². The fourth-order valence-electron chi connectivity index (χ4n) is 2.35. The number of nitrogens with one attached hydrogen (secondary N) is 1. The van der Waals surface area contributed by atoms with E-state index in [9.17, 15) is 14.4 Å². The molecule has 0 saturated heterocycles. The third kappa shape index (κ3) is 4.95. The maximum Gasteiger partial charge on any atom is 0.348 e. The molecule has 0 bridgehead atoms. The average molecular weight is 458 g/mol. The van der Waals surface area contributed by atoms with Crippen LogP contribution in [0.15, 0.2) is 10.7 Å². The summed E-state index contributed by atoms with van der Waals surface area (Å²) in [5, 5.41) is 7.23. The maximum absolute atomic E-state index is 12.3. The van der Waals surface area contributed by atoms with Crippen molar-refractivity contribution in [2.75, 3.05) is 19.0 Å². The van der Waals surface area contributed by atoms with Gasteiger partial charge in [0.05, 0.1) is 29.4 Å². The minimum absolute atomic E-state index is 0.153. The number of carbonyl (C=O) groups excluding carboxylic acids is 3. The fourth-order valence-corrected chi connectivity index (χ4v) is 3.77. The molecule has 0 atom stereocenters. The van der Waals surface area contributed by atoms with E-state index in [-0.39, 0.29) is 34.4 Å². The van der Waals surface area contributed by atoms with Crippen LogP contribution in [0.25, 0.3) is 0 Å². The van der Waals surface area contributed by atoms with Gasteiger partial charge in [0.2, 0.25) is 5.91 Å². The van der Waals surface area contributed by atoms with Gasteiger partial charge in [-0.05, 0) is 42.3 Å². The van der Waals surface area contributed by atoms with Gasteiger partial charge in [0, 0.05) is 19.2 Å². The Morgan fingerprint density at radius 2 is 2.00 bits per heavy atom. The zero-order valence-corrected chi connectivity index (χ0v) is 17.8. The Bertz CT molecular complexity index is 855. The molecule has 0 unspecified atom stereocenters. The van der Waals surface area contributed by atoms with Crippen molar-refractivity contribution in [2.24, 2.45) is 0 Å². The molecule has 0 aliphatic heterocycles. The summed E-state index contributed by atoms with van der Waals surface area (Å²) < 4.78 is 12.3. The quantitative estimate of drug-likeness (QED) is 0.640. The van der Waals surface area contributed by atoms with Crippen molar-refractivity contribution in [3.05, 3.63) is 32.4 Å². The molecule has 0 radical (unpaired) electrons. The van der Waals surface area contributed by atoms with Crippen LogP contribution in [-0.2, 0) is 20.8 Å². The summed E-state index contributed by atoms with van der Waals surface area (Å²) in [4.78, 5) is 36.8. The molecule has 2 aromatic rings. The van der Waals surface area contributed by atoms with E-state index in [2.05, 4.69) is 26.3 Å². The molecule has 0 aliphatic carbocycles. The number of halogens is 1. The number of hydrogen-bond acceptors (Lipinski definition) is 7. The fraction of sp³-hybridized carbons (Fsp3) is 0.412. The van der Waals surface area contributed by atoms with Crippen molar-refractivity contribution in [3.63, 3.8) is 0 Å². The van der Waals surface area contributed by atoms with Crippen LogP contribution >= 0.6 is 27.3 Å². The van der Waals surface area contributed by atoms with Crippen LogP contribution in [0.1, 0.15) is 44.6 Å². The minimum atomic E-state index is -0.624. The van der Waals surface area contributed by atoms with E-state index < -0.39 is 11.9 Å². The third-order valence-corrected chi connectivity index (χ3v) is 5.67. The Morgan fingerprint density at radius 1 is 1.30 bits per heavy atom. The number of aromatic nitrogens is 2. The summed E-state index contributed by atoms with van der Waals surface area (Å²) in [7, 11) is 1.24. The average Bonchev–Trinajstić information content (AvgIpc) is 3.12. The molecule has 0 fully saturated rings. The van der Waals surface area contributed by atoms with E-state index in [1.807, 2.05) is 6.92 Å². The van der Waals surface area contributed by atoms with Crippen molar-refractivity contribution in [2.45, 2.75) is 33.7 Å². The first-order valence-corrected chi connectivity index (χ1v) is 9.77. The minimum Gasteiger partial charge on any atom is -0.465 e. The summed E-state index contributed by atoms with van der Waals surface area (Å²) in [6.45, 7) is 5.76. The standard InChI is InChI=1S/C17H20BrN3O5S/c1-5-26-17(24)14-9(2)13(16(23)25-4)15(27-14)19-12(22)6-7-21-8-11(18)10(3)20-21/h8H,5-7H2,1-4H3,(H,19,22). The van der Waals surface area contributed by atoms with Crippen molar-refractivity contribution in [1.29, 1.82) is 0 Å². The van der Waals surface area contributed by atoms with Gasteiger partial charge in [0.1, 0.15) is 9.88 Å². The van der Waals surface area contributed by atoms with Gasteiger partial charge in [-0.15, -0.1) is 11.3 Å². The molecule has 0 saturated carbocycles. The third-order valence-electron chi connectivity index (χ3n) is 3.70. The van der Waals surface area contributed by atoms with Gasteiger partial charge in [-0.2, -0.15) is 5.10 Å². The monoisotopic (exact) mass is 457 g/mol. The summed E-state index contributed by atoms with van der Waals surface area (Å²) >= 11 is 4.37. The number of methoxy groups -OCH3 is 1. The maximum atomic E-state index is 12.3. The van der Waals surface area contributed by atoms with E-state index in [4.69, 9.17) is 9.47 Å². The first-order chi connectivity index (χ1) is 12.8. The van der Waals surface area contributed by atoms with Crippen molar-refractivity contribution < 1.29 is 23.9 Å². The smallest absolute Gasteiger partial charge is 0.348 e. The first kappa shape index (κ1) is 21.1. The molecule has 2 heterocycles. The molecule has 0 spiro atoms. The zero-order chi connectivity index (χ0) is 20.1. The predicted octanol–water partition coefficient (Wildman–Crippen LogP) is 3.32. The number of hydrogen-bond donors (Lipinski definition) is 1. The van der Waals surface area contributed by atoms with Gasteiger partial charge in [-0.25, -0.2) is 9.59 Å². The number of nitrogens with zero attached hydrogens (tertiary/aromatic N) is 2. The molecule has 2 aromatic heterocycles. The number of thiophene rings is 1. The van der Waals surface area contributed by atoms with Crippen molar-refractivity contribution >= 4 is 50.1 Å². The molecular formula is C17H20BrN3O5S. The molecule has 0 aliphatic rings. The van der Waals surface area contributed by atoms with E-state index >= 15 is 0 Å². The van der Waals surface area contributed by atoms with Gasteiger partial charge >= 0.3 is 11.9 Å². The Morgan fingerprint density at radius 3 is 2.56 bits per heavy atom. The second-order valence-corrected chi connectivity index (χ2v) is 7.47. The number of amides is 1. The van der Waals surface area contributed by atoms with E-state index in [1.54, 1.807) is 24.7 Å². The Balaban J connectivity index is 2.17. The van der Waals surface area contributed by atoms with Crippen LogP contribution in [0.3, 0.4) is 0 Å².